The van der Waals surface area contributed by atoms with Gasteiger partial charge in [0.1, 0.15) is 0 Å². The molecule has 1 saturated heterocycles. The molecule has 1 aliphatic rings. The summed E-state index contributed by atoms with van der Waals surface area (Å²) in [5.74, 6) is -0.718. The smallest absolute Gasteiger partial charge is 0.481 e. The zero-order valence-electron chi connectivity index (χ0n) is 14.5. The molecule has 7 heteroatoms. The second-order valence-electron chi connectivity index (χ2n) is 7.18. The molecule has 0 saturated carbocycles. The van der Waals surface area contributed by atoms with Crippen molar-refractivity contribution in [3.63, 3.8) is 0 Å². The molecule has 1 aromatic rings. The quantitative estimate of drug-likeness (QED) is 0.587. The highest BCUT2D eigenvalue weighted by molar-refractivity contribution is 6.61. The Morgan fingerprint density at radius 2 is 1.78 bits per heavy atom. The largest absolute Gasteiger partial charge is 0.498 e. The molecule has 0 bridgehead atoms. The summed E-state index contributed by atoms with van der Waals surface area (Å²) in [5.41, 5.74) is 0.253. The number of carbonyl (C=O) groups is 1. The van der Waals surface area contributed by atoms with Gasteiger partial charge in [-0.25, -0.2) is 0 Å². The maximum Gasteiger partial charge on any atom is 0.498 e. The minimum Gasteiger partial charge on any atom is -0.481 e. The van der Waals surface area contributed by atoms with Crippen molar-refractivity contribution in [3.8, 4) is 0 Å². The number of aromatic nitrogens is 2. The molecule has 0 amide bonds. The Bertz CT molecular complexity index is 526. The third-order valence-corrected chi connectivity index (χ3v) is 4.71. The van der Waals surface area contributed by atoms with Crippen LogP contribution in [0.5, 0.6) is 0 Å². The Kier molecular flexibility index (Phi) is 5.52. The molecule has 1 fully saturated rings. The van der Waals surface area contributed by atoms with Crippen LogP contribution in [0, 0.1) is 0 Å². The summed E-state index contributed by atoms with van der Waals surface area (Å²) >= 11 is 0. The molecule has 1 aliphatic heterocycles. The van der Waals surface area contributed by atoms with Gasteiger partial charge in [0.2, 0.25) is 0 Å². The summed E-state index contributed by atoms with van der Waals surface area (Å²) < 4.78 is 13.9. The van der Waals surface area contributed by atoms with E-state index in [2.05, 4.69) is 5.10 Å². The van der Waals surface area contributed by atoms with Gasteiger partial charge in [0.15, 0.2) is 0 Å². The lowest BCUT2D eigenvalue weighted by molar-refractivity contribution is -0.137. The molecule has 0 spiro atoms. The van der Waals surface area contributed by atoms with Crippen molar-refractivity contribution < 1.29 is 19.2 Å². The van der Waals surface area contributed by atoms with Gasteiger partial charge < -0.3 is 14.4 Å². The van der Waals surface area contributed by atoms with Gasteiger partial charge in [-0.05, 0) is 40.5 Å². The summed E-state index contributed by atoms with van der Waals surface area (Å²) in [7, 11) is -0.371. The van der Waals surface area contributed by atoms with Crippen LogP contribution in [0.3, 0.4) is 0 Å². The molecule has 0 radical (unpaired) electrons. The average molecular weight is 322 g/mol. The van der Waals surface area contributed by atoms with Gasteiger partial charge in [0, 0.05) is 30.8 Å². The van der Waals surface area contributed by atoms with E-state index in [9.17, 15) is 4.79 Å². The van der Waals surface area contributed by atoms with Crippen LogP contribution in [-0.4, -0.2) is 39.2 Å². The summed E-state index contributed by atoms with van der Waals surface area (Å²) in [4.78, 5) is 10.4. The van der Waals surface area contributed by atoms with E-state index in [4.69, 9.17) is 14.4 Å². The Morgan fingerprint density at radius 3 is 2.39 bits per heavy atom. The standard InChI is InChI=1S/C16H27BN2O4/c1-15(2)16(3,4)23-17(22-15)13-11-18-19(12-13)10-8-6-5-7-9-14(20)21/h11-12H,5-10H2,1-4H3,(H,20,21). The first-order chi connectivity index (χ1) is 10.7. The summed E-state index contributed by atoms with van der Waals surface area (Å²) in [5, 5.41) is 13.0. The van der Waals surface area contributed by atoms with Crippen LogP contribution in [-0.2, 0) is 20.6 Å². The summed E-state index contributed by atoms with van der Waals surface area (Å²) in [6.07, 6.45) is 7.72. The van der Waals surface area contributed by atoms with Crippen LogP contribution in [0.2, 0.25) is 0 Å². The molecule has 0 aromatic carbocycles. The van der Waals surface area contributed by atoms with Crippen molar-refractivity contribution in [2.24, 2.45) is 0 Å². The third-order valence-electron chi connectivity index (χ3n) is 4.71. The van der Waals surface area contributed by atoms with E-state index in [1.54, 1.807) is 6.20 Å². The highest BCUT2D eigenvalue weighted by atomic mass is 16.7. The number of nitrogens with zero attached hydrogens (tertiary/aromatic N) is 2. The molecular weight excluding hydrogens is 295 g/mol. The van der Waals surface area contributed by atoms with Crippen molar-refractivity contribution in [1.29, 1.82) is 0 Å². The molecule has 1 N–H and O–H groups in total. The number of carboxylic acids is 1. The zero-order valence-corrected chi connectivity index (χ0v) is 14.5. The predicted molar refractivity (Wildman–Crippen MR) is 88.7 cm³/mol. The van der Waals surface area contributed by atoms with Crippen LogP contribution < -0.4 is 5.46 Å². The first-order valence-electron chi connectivity index (χ1n) is 8.31. The maximum atomic E-state index is 10.4. The molecule has 0 atom stereocenters. The lowest BCUT2D eigenvalue weighted by Crippen LogP contribution is -2.41. The lowest BCUT2D eigenvalue weighted by atomic mass is 9.82. The van der Waals surface area contributed by atoms with Crippen LogP contribution in [0.4, 0.5) is 0 Å². The third kappa shape index (κ3) is 4.58. The fraction of sp³-hybridized carbons (Fsp3) is 0.750. The fourth-order valence-electron chi connectivity index (χ4n) is 2.51. The van der Waals surface area contributed by atoms with E-state index in [0.29, 0.717) is 0 Å². The monoisotopic (exact) mass is 322 g/mol. The number of unbranched alkanes of at least 4 members (excludes halogenated alkanes) is 3. The topological polar surface area (TPSA) is 73.6 Å². The van der Waals surface area contributed by atoms with E-state index in [1.807, 2.05) is 38.6 Å². The molecular formula is C16H27BN2O4. The van der Waals surface area contributed by atoms with Crippen LogP contribution >= 0.6 is 0 Å². The molecule has 1 aromatic heterocycles. The summed E-state index contributed by atoms with van der Waals surface area (Å²) in [6.45, 7) is 8.97. The second kappa shape index (κ2) is 7.05. The Balaban J connectivity index is 1.77. The number of aryl methyl sites for hydroxylation is 1. The van der Waals surface area contributed by atoms with Gasteiger partial charge in [0.05, 0.1) is 11.2 Å². The van der Waals surface area contributed by atoms with Gasteiger partial charge in [0.25, 0.3) is 0 Å². The molecule has 2 rings (SSSR count). The number of hydrogen-bond donors (Lipinski definition) is 1. The van der Waals surface area contributed by atoms with E-state index in [-0.39, 0.29) is 24.7 Å². The Morgan fingerprint density at radius 1 is 1.17 bits per heavy atom. The van der Waals surface area contributed by atoms with Crippen LogP contribution in [0.1, 0.15) is 59.8 Å². The number of hydrogen-bond acceptors (Lipinski definition) is 4. The molecule has 0 unspecified atom stereocenters. The SMILES string of the molecule is CC1(C)OB(c2cnn(CCCCCCC(=O)O)c2)OC1(C)C. The van der Waals surface area contributed by atoms with Crippen molar-refractivity contribution in [2.45, 2.75) is 77.5 Å². The highest BCUT2D eigenvalue weighted by Crippen LogP contribution is 2.36. The minimum atomic E-state index is -0.718. The molecule has 2 heterocycles. The van der Waals surface area contributed by atoms with Gasteiger partial charge in [-0.2, -0.15) is 5.10 Å². The Labute approximate surface area is 138 Å². The average Bonchev–Trinajstić information content (AvgIpc) is 2.97. The number of carboxylic acid groups (broad SMARTS) is 1. The minimum absolute atomic E-state index is 0.258. The lowest BCUT2D eigenvalue weighted by Gasteiger charge is -2.32. The molecule has 23 heavy (non-hydrogen) atoms. The van der Waals surface area contributed by atoms with Gasteiger partial charge in [-0.15, -0.1) is 0 Å². The van der Waals surface area contributed by atoms with Gasteiger partial charge >= 0.3 is 13.1 Å². The Hall–Kier alpha value is -1.34. The molecule has 6 nitrogen and oxygen atoms in total. The summed E-state index contributed by atoms with van der Waals surface area (Å²) in [6, 6.07) is 0. The van der Waals surface area contributed by atoms with E-state index >= 15 is 0 Å². The van der Waals surface area contributed by atoms with Crippen LogP contribution in [0.15, 0.2) is 12.4 Å². The molecule has 0 aliphatic carbocycles. The highest BCUT2D eigenvalue weighted by Gasteiger charge is 2.52. The first-order valence-corrected chi connectivity index (χ1v) is 8.31. The van der Waals surface area contributed by atoms with E-state index < -0.39 is 5.97 Å². The zero-order chi connectivity index (χ0) is 17.1. The van der Waals surface area contributed by atoms with Crippen molar-refractivity contribution in [3.05, 3.63) is 12.4 Å². The molecule has 128 valence electrons. The maximum absolute atomic E-state index is 10.4. The number of rotatable bonds is 8. The first kappa shape index (κ1) is 18.0. The predicted octanol–water partition coefficient (Wildman–Crippen LogP) is 2.22. The van der Waals surface area contributed by atoms with Crippen LogP contribution in [0.25, 0.3) is 0 Å². The van der Waals surface area contributed by atoms with Gasteiger partial charge in [-0.1, -0.05) is 12.8 Å². The van der Waals surface area contributed by atoms with Crippen molar-refractivity contribution >= 4 is 18.6 Å². The van der Waals surface area contributed by atoms with Gasteiger partial charge in [-0.3, -0.25) is 9.48 Å². The normalized spacial score (nSPS) is 19.2. The fourth-order valence-corrected chi connectivity index (χ4v) is 2.51. The second-order valence-corrected chi connectivity index (χ2v) is 7.18. The van der Waals surface area contributed by atoms with E-state index in [1.165, 1.54) is 0 Å². The van der Waals surface area contributed by atoms with Crippen molar-refractivity contribution in [2.75, 3.05) is 0 Å². The van der Waals surface area contributed by atoms with E-state index in [0.717, 1.165) is 37.7 Å². The number of aliphatic carboxylic acids is 1. The van der Waals surface area contributed by atoms with Crippen molar-refractivity contribution in [1.82, 2.24) is 9.78 Å².